The van der Waals surface area contributed by atoms with Gasteiger partial charge in [0.1, 0.15) is 0 Å². The van der Waals surface area contributed by atoms with Gasteiger partial charge in [-0.3, -0.25) is 4.79 Å². The lowest BCUT2D eigenvalue weighted by Gasteiger charge is -2.08. The van der Waals surface area contributed by atoms with Crippen LogP contribution in [-0.4, -0.2) is 28.5 Å². The monoisotopic (exact) mass is 212 g/mol. The molecule has 2 N–H and O–H groups in total. The molecule has 5 nitrogen and oxygen atoms in total. The second-order valence-corrected chi connectivity index (χ2v) is 3.30. The van der Waals surface area contributed by atoms with Gasteiger partial charge in [0.15, 0.2) is 5.82 Å². The number of hydrogen-bond acceptors (Lipinski definition) is 4. The maximum atomic E-state index is 12.4. The Morgan fingerprint density at radius 2 is 2.07 bits per heavy atom. The summed E-state index contributed by atoms with van der Waals surface area (Å²) in [4.78, 5) is 18.5. The van der Waals surface area contributed by atoms with Gasteiger partial charge in [0.05, 0.1) is 18.9 Å². The first-order valence-electron chi connectivity index (χ1n) is 4.58. The van der Waals surface area contributed by atoms with E-state index in [0.717, 1.165) is 12.4 Å². The molecule has 0 saturated carbocycles. The van der Waals surface area contributed by atoms with Crippen LogP contribution in [0.4, 0.5) is 10.3 Å². The van der Waals surface area contributed by atoms with Gasteiger partial charge in [-0.1, -0.05) is 0 Å². The van der Waals surface area contributed by atoms with E-state index < -0.39 is 5.82 Å². The highest BCUT2D eigenvalue weighted by atomic mass is 19.1. The van der Waals surface area contributed by atoms with Crippen molar-refractivity contribution in [3.63, 3.8) is 0 Å². The number of halogens is 1. The average molecular weight is 212 g/mol. The molecule has 0 unspecified atom stereocenters. The lowest BCUT2D eigenvalue weighted by atomic mass is 10.4. The Morgan fingerprint density at radius 3 is 2.60 bits per heavy atom. The first kappa shape index (κ1) is 11.4. The number of amides is 1. The molecule has 15 heavy (non-hydrogen) atoms. The third kappa shape index (κ3) is 4.35. The van der Waals surface area contributed by atoms with Crippen LogP contribution in [0, 0.1) is 5.82 Å². The second kappa shape index (κ2) is 5.23. The SMILES string of the molecule is CC(C)NC(=O)CNc1ncc(F)cn1. The van der Waals surface area contributed by atoms with Gasteiger partial charge in [0, 0.05) is 6.04 Å². The summed E-state index contributed by atoms with van der Waals surface area (Å²) in [5, 5.41) is 5.37. The summed E-state index contributed by atoms with van der Waals surface area (Å²) < 4.78 is 12.4. The van der Waals surface area contributed by atoms with Crippen LogP contribution in [0.15, 0.2) is 12.4 Å². The van der Waals surface area contributed by atoms with Crippen LogP contribution in [0.25, 0.3) is 0 Å². The van der Waals surface area contributed by atoms with E-state index in [2.05, 4.69) is 20.6 Å². The molecule has 0 aliphatic carbocycles. The minimum Gasteiger partial charge on any atom is -0.352 e. The van der Waals surface area contributed by atoms with Crippen LogP contribution in [0.3, 0.4) is 0 Å². The molecular formula is C9H13FN4O. The van der Waals surface area contributed by atoms with E-state index in [-0.39, 0.29) is 24.4 Å². The van der Waals surface area contributed by atoms with Gasteiger partial charge in [0.25, 0.3) is 0 Å². The van der Waals surface area contributed by atoms with Gasteiger partial charge < -0.3 is 10.6 Å². The predicted molar refractivity (Wildman–Crippen MR) is 53.8 cm³/mol. The minimum absolute atomic E-state index is 0.0732. The van der Waals surface area contributed by atoms with E-state index >= 15 is 0 Å². The molecule has 0 atom stereocenters. The van der Waals surface area contributed by atoms with E-state index in [4.69, 9.17) is 0 Å². The number of carbonyl (C=O) groups is 1. The van der Waals surface area contributed by atoms with Gasteiger partial charge >= 0.3 is 0 Å². The number of anilines is 1. The highest BCUT2D eigenvalue weighted by Gasteiger charge is 2.03. The smallest absolute Gasteiger partial charge is 0.239 e. The number of hydrogen-bond donors (Lipinski definition) is 2. The molecule has 0 aliphatic rings. The Morgan fingerprint density at radius 1 is 1.47 bits per heavy atom. The third-order valence-electron chi connectivity index (χ3n) is 1.48. The summed E-state index contributed by atoms with van der Waals surface area (Å²) in [6.07, 6.45) is 2.07. The Hall–Kier alpha value is -1.72. The number of rotatable bonds is 4. The molecule has 0 radical (unpaired) electrons. The highest BCUT2D eigenvalue weighted by molar-refractivity contribution is 5.80. The Kier molecular flexibility index (Phi) is 3.96. The van der Waals surface area contributed by atoms with Gasteiger partial charge in [0.2, 0.25) is 11.9 Å². The van der Waals surface area contributed by atoms with Crippen LogP contribution in [-0.2, 0) is 4.79 Å². The van der Waals surface area contributed by atoms with Gasteiger partial charge in [-0.25, -0.2) is 14.4 Å². The molecule has 1 amide bonds. The van der Waals surface area contributed by atoms with E-state index in [1.54, 1.807) is 0 Å². The highest BCUT2D eigenvalue weighted by Crippen LogP contribution is 1.96. The minimum atomic E-state index is -0.507. The maximum absolute atomic E-state index is 12.4. The molecule has 0 bridgehead atoms. The summed E-state index contributed by atoms with van der Waals surface area (Å²) in [6, 6.07) is 0.0911. The zero-order chi connectivity index (χ0) is 11.3. The number of nitrogens with one attached hydrogen (secondary N) is 2. The molecule has 1 aromatic heterocycles. The molecule has 1 heterocycles. The summed E-state index contributed by atoms with van der Waals surface area (Å²) in [5.41, 5.74) is 0. The zero-order valence-electron chi connectivity index (χ0n) is 8.62. The number of nitrogens with zero attached hydrogens (tertiary/aromatic N) is 2. The first-order chi connectivity index (χ1) is 7.08. The van der Waals surface area contributed by atoms with Gasteiger partial charge in [-0.15, -0.1) is 0 Å². The largest absolute Gasteiger partial charge is 0.352 e. The molecule has 1 rings (SSSR count). The maximum Gasteiger partial charge on any atom is 0.239 e. The predicted octanol–water partition coefficient (Wildman–Crippen LogP) is 0.552. The van der Waals surface area contributed by atoms with Crippen LogP contribution in [0.1, 0.15) is 13.8 Å². The van der Waals surface area contributed by atoms with Crippen molar-refractivity contribution in [1.82, 2.24) is 15.3 Å². The fourth-order valence-electron chi connectivity index (χ4n) is 0.936. The lowest BCUT2D eigenvalue weighted by molar-refractivity contribution is -0.119. The normalized spacial score (nSPS) is 10.1. The molecule has 82 valence electrons. The second-order valence-electron chi connectivity index (χ2n) is 3.30. The van der Waals surface area contributed by atoms with Crippen LogP contribution in [0.5, 0.6) is 0 Å². The van der Waals surface area contributed by atoms with Crippen molar-refractivity contribution in [3.8, 4) is 0 Å². The van der Waals surface area contributed by atoms with E-state index in [1.807, 2.05) is 13.8 Å². The lowest BCUT2D eigenvalue weighted by Crippen LogP contribution is -2.35. The summed E-state index contributed by atoms with van der Waals surface area (Å²) in [5.74, 6) is -0.430. The Balaban J connectivity index is 2.37. The van der Waals surface area contributed by atoms with Crippen LogP contribution < -0.4 is 10.6 Å². The molecular weight excluding hydrogens is 199 g/mol. The molecule has 1 aromatic rings. The van der Waals surface area contributed by atoms with Crippen molar-refractivity contribution in [2.45, 2.75) is 19.9 Å². The van der Waals surface area contributed by atoms with Crippen LogP contribution in [0.2, 0.25) is 0 Å². The van der Waals surface area contributed by atoms with Crippen molar-refractivity contribution in [2.24, 2.45) is 0 Å². The van der Waals surface area contributed by atoms with Gasteiger partial charge in [-0.2, -0.15) is 0 Å². The van der Waals surface area contributed by atoms with Crippen molar-refractivity contribution < 1.29 is 9.18 Å². The van der Waals surface area contributed by atoms with E-state index in [9.17, 15) is 9.18 Å². The van der Waals surface area contributed by atoms with Crippen molar-refractivity contribution >= 4 is 11.9 Å². The summed E-state index contributed by atoms with van der Waals surface area (Å²) >= 11 is 0. The molecule has 6 heteroatoms. The first-order valence-corrected chi connectivity index (χ1v) is 4.58. The van der Waals surface area contributed by atoms with Gasteiger partial charge in [-0.05, 0) is 13.8 Å². The topological polar surface area (TPSA) is 66.9 Å². The molecule has 0 aromatic carbocycles. The zero-order valence-corrected chi connectivity index (χ0v) is 8.62. The molecule has 0 aliphatic heterocycles. The number of aromatic nitrogens is 2. The molecule has 0 spiro atoms. The summed E-state index contributed by atoms with van der Waals surface area (Å²) in [6.45, 7) is 3.81. The number of carbonyl (C=O) groups excluding carboxylic acids is 1. The van der Waals surface area contributed by atoms with Crippen LogP contribution >= 0.6 is 0 Å². The van der Waals surface area contributed by atoms with Crippen molar-refractivity contribution in [2.75, 3.05) is 11.9 Å². The molecule has 0 fully saturated rings. The average Bonchev–Trinajstić information content (AvgIpc) is 2.16. The Bertz CT molecular complexity index is 325. The fraction of sp³-hybridized carbons (Fsp3) is 0.444. The van der Waals surface area contributed by atoms with Crippen molar-refractivity contribution in [1.29, 1.82) is 0 Å². The van der Waals surface area contributed by atoms with E-state index in [0.29, 0.717) is 0 Å². The fourth-order valence-corrected chi connectivity index (χ4v) is 0.936. The molecule has 0 saturated heterocycles. The quantitative estimate of drug-likeness (QED) is 0.765. The third-order valence-corrected chi connectivity index (χ3v) is 1.48. The standard InChI is InChI=1S/C9H13FN4O/c1-6(2)14-8(15)5-13-9-11-3-7(10)4-12-9/h3-4,6H,5H2,1-2H3,(H,14,15)(H,11,12,13). The van der Waals surface area contributed by atoms with Crippen molar-refractivity contribution in [3.05, 3.63) is 18.2 Å². The Labute approximate surface area is 87.1 Å². The van der Waals surface area contributed by atoms with E-state index in [1.165, 1.54) is 0 Å². The summed E-state index contributed by atoms with van der Waals surface area (Å²) in [7, 11) is 0.